The Hall–Kier alpha value is -2.85. The molecule has 0 saturated carbocycles. The van der Waals surface area contributed by atoms with Crippen molar-refractivity contribution in [1.29, 1.82) is 0 Å². The molecule has 0 aliphatic heterocycles. The second kappa shape index (κ2) is 8.70. The molecule has 0 bridgehead atoms. The van der Waals surface area contributed by atoms with E-state index >= 15 is 0 Å². The summed E-state index contributed by atoms with van der Waals surface area (Å²) in [6.45, 7) is 0. The Kier molecular flexibility index (Phi) is 6.96. The molecular formula is C14H16BNO8. The molecule has 0 radical (unpaired) electrons. The van der Waals surface area contributed by atoms with E-state index in [1.165, 1.54) is 25.3 Å². The monoisotopic (exact) mass is 337 g/mol. The first-order chi connectivity index (χ1) is 11.3. The molecule has 0 atom stereocenters. The van der Waals surface area contributed by atoms with Crippen molar-refractivity contribution in [2.45, 2.75) is 0 Å². The molecule has 1 rings (SSSR count). The quantitative estimate of drug-likeness (QED) is 0.253. The molecule has 1 aromatic rings. The highest BCUT2D eigenvalue weighted by Crippen LogP contribution is 2.14. The smallest absolute Gasteiger partial charge is 0.466 e. The maximum atomic E-state index is 11.7. The van der Waals surface area contributed by atoms with Gasteiger partial charge in [-0.25, -0.2) is 14.4 Å². The molecule has 0 saturated heterocycles. The number of carbonyl (C=O) groups is 3. The van der Waals surface area contributed by atoms with Crippen molar-refractivity contribution in [3.05, 3.63) is 35.5 Å². The van der Waals surface area contributed by atoms with Crippen molar-refractivity contribution in [2.75, 3.05) is 26.6 Å². The molecule has 0 heterocycles. The fourth-order valence-electron chi connectivity index (χ4n) is 1.71. The lowest BCUT2D eigenvalue weighted by molar-refractivity contribution is -0.138. The third kappa shape index (κ3) is 4.83. The van der Waals surface area contributed by atoms with Crippen molar-refractivity contribution < 1.29 is 38.6 Å². The molecule has 0 aliphatic carbocycles. The highest BCUT2D eigenvalue weighted by atomic mass is 16.5. The Morgan fingerprint density at radius 1 is 1.08 bits per heavy atom. The van der Waals surface area contributed by atoms with E-state index in [9.17, 15) is 24.4 Å². The van der Waals surface area contributed by atoms with Gasteiger partial charge in [0.15, 0.2) is 0 Å². The van der Waals surface area contributed by atoms with Crippen LogP contribution in [-0.4, -0.2) is 56.4 Å². The topological polar surface area (TPSA) is 131 Å². The second-order valence-electron chi connectivity index (χ2n) is 4.37. The minimum atomic E-state index is -1.89. The molecule has 3 N–H and O–H groups in total. The maximum Gasteiger partial charge on any atom is 0.490 e. The third-order valence-electron chi connectivity index (χ3n) is 2.89. The lowest BCUT2D eigenvalue weighted by Gasteiger charge is -2.14. The van der Waals surface area contributed by atoms with Crippen LogP contribution < -0.4 is 10.8 Å². The van der Waals surface area contributed by atoms with Crippen LogP contribution in [-0.2, 0) is 23.8 Å². The molecule has 128 valence electrons. The van der Waals surface area contributed by atoms with Gasteiger partial charge in [0.1, 0.15) is 5.70 Å². The third-order valence-corrected chi connectivity index (χ3v) is 2.89. The predicted octanol–water partition coefficient (Wildman–Crippen LogP) is -1.21. The minimum Gasteiger partial charge on any atom is -0.466 e. The number of hydrogen-bond donors (Lipinski definition) is 3. The number of carbonyl (C=O) groups excluding carboxylic acids is 3. The number of hydrogen-bond acceptors (Lipinski definition) is 9. The summed E-state index contributed by atoms with van der Waals surface area (Å²) in [5.74, 6) is -2.41. The Bertz CT molecular complexity index is 671. The number of methoxy groups -OCH3 is 3. The minimum absolute atomic E-state index is 0.00606. The molecule has 0 unspecified atom stereocenters. The van der Waals surface area contributed by atoms with E-state index < -0.39 is 25.0 Å². The van der Waals surface area contributed by atoms with E-state index in [-0.39, 0.29) is 22.4 Å². The number of rotatable bonds is 6. The fourth-order valence-corrected chi connectivity index (χ4v) is 1.71. The normalized spacial score (nSPS) is 10.6. The van der Waals surface area contributed by atoms with Gasteiger partial charge < -0.3 is 29.6 Å². The first-order valence-corrected chi connectivity index (χ1v) is 6.57. The van der Waals surface area contributed by atoms with Crippen LogP contribution in [0, 0.1) is 0 Å². The van der Waals surface area contributed by atoms with Crippen molar-refractivity contribution >= 4 is 36.2 Å². The summed E-state index contributed by atoms with van der Waals surface area (Å²) in [5, 5.41) is 21.3. The predicted molar refractivity (Wildman–Crippen MR) is 83.3 cm³/mol. The van der Waals surface area contributed by atoms with Crippen LogP contribution in [0.3, 0.4) is 0 Å². The summed E-state index contributed by atoms with van der Waals surface area (Å²) < 4.78 is 13.5. The Morgan fingerprint density at radius 2 is 1.75 bits per heavy atom. The van der Waals surface area contributed by atoms with Gasteiger partial charge in [-0.05, 0) is 12.1 Å². The first-order valence-electron chi connectivity index (χ1n) is 6.57. The van der Waals surface area contributed by atoms with Crippen LogP contribution in [0.15, 0.2) is 30.0 Å². The fraction of sp³-hybridized carbons (Fsp3) is 0.214. The summed E-state index contributed by atoms with van der Waals surface area (Å²) in [6.07, 6.45) is 0.824. The van der Waals surface area contributed by atoms with Crippen LogP contribution in [0.1, 0.15) is 10.4 Å². The molecule has 0 amide bonds. The van der Waals surface area contributed by atoms with Crippen LogP contribution in [0.2, 0.25) is 0 Å². The summed E-state index contributed by atoms with van der Waals surface area (Å²) in [4.78, 5) is 34.7. The Morgan fingerprint density at radius 3 is 2.25 bits per heavy atom. The van der Waals surface area contributed by atoms with Crippen molar-refractivity contribution in [2.24, 2.45) is 0 Å². The summed E-state index contributed by atoms with van der Waals surface area (Å²) >= 11 is 0. The van der Waals surface area contributed by atoms with E-state index in [0.29, 0.717) is 0 Å². The van der Waals surface area contributed by atoms with Gasteiger partial charge in [0.05, 0.1) is 33.0 Å². The van der Waals surface area contributed by atoms with E-state index in [4.69, 9.17) is 0 Å². The average Bonchev–Trinajstić information content (AvgIpc) is 2.59. The molecule has 0 aromatic heterocycles. The van der Waals surface area contributed by atoms with E-state index in [0.717, 1.165) is 20.3 Å². The first kappa shape index (κ1) is 19.2. The van der Waals surface area contributed by atoms with Gasteiger partial charge in [-0.1, -0.05) is 6.07 Å². The van der Waals surface area contributed by atoms with E-state index in [2.05, 4.69) is 19.5 Å². The van der Waals surface area contributed by atoms with Gasteiger partial charge in [0.25, 0.3) is 0 Å². The maximum absolute atomic E-state index is 11.7. The summed E-state index contributed by atoms with van der Waals surface area (Å²) in [6, 6.07) is 3.80. The molecule has 0 aliphatic rings. The van der Waals surface area contributed by atoms with E-state index in [1.54, 1.807) is 0 Å². The van der Waals surface area contributed by atoms with Crippen molar-refractivity contribution in [3.63, 3.8) is 0 Å². The Balaban J connectivity index is 3.34. The van der Waals surface area contributed by atoms with Crippen molar-refractivity contribution in [1.82, 2.24) is 0 Å². The number of benzene rings is 1. The van der Waals surface area contributed by atoms with Crippen LogP contribution >= 0.6 is 0 Å². The zero-order valence-corrected chi connectivity index (χ0v) is 13.2. The van der Waals surface area contributed by atoms with Gasteiger partial charge in [-0.3, -0.25) is 0 Å². The van der Waals surface area contributed by atoms with Gasteiger partial charge in [-0.2, -0.15) is 0 Å². The lowest BCUT2D eigenvalue weighted by Crippen LogP contribution is -2.33. The van der Waals surface area contributed by atoms with Crippen LogP contribution in [0.5, 0.6) is 0 Å². The highest BCUT2D eigenvalue weighted by Gasteiger charge is 2.21. The average molecular weight is 337 g/mol. The van der Waals surface area contributed by atoms with Gasteiger partial charge in [0.2, 0.25) is 0 Å². The number of esters is 3. The zero-order chi connectivity index (χ0) is 18.3. The number of nitrogens with one attached hydrogen (secondary N) is 1. The largest absolute Gasteiger partial charge is 0.490 e. The molecule has 9 nitrogen and oxygen atoms in total. The van der Waals surface area contributed by atoms with Crippen LogP contribution in [0.25, 0.3) is 0 Å². The zero-order valence-electron chi connectivity index (χ0n) is 13.2. The highest BCUT2D eigenvalue weighted by molar-refractivity contribution is 6.60. The standard InChI is InChI=1S/C14H16BNO8/c1-22-12(17)7-11(14(19)24-3)16-10-6-8(13(18)23-2)4-5-9(10)15(20)21/h4-7,16,20-21H,1-3H3/b11-7+. The Labute approximate surface area is 138 Å². The summed E-state index contributed by atoms with van der Waals surface area (Å²) in [7, 11) is 1.51. The lowest BCUT2D eigenvalue weighted by atomic mass is 9.78. The van der Waals surface area contributed by atoms with Crippen LogP contribution in [0.4, 0.5) is 5.69 Å². The molecule has 24 heavy (non-hydrogen) atoms. The molecule has 1 aromatic carbocycles. The summed E-state index contributed by atoms with van der Waals surface area (Å²) in [5.41, 5.74) is -0.282. The molecule has 0 spiro atoms. The molecule has 0 fully saturated rings. The molecular weight excluding hydrogens is 321 g/mol. The van der Waals surface area contributed by atoms with Gasteiger partial charge in [0, 0.05) is 11.2 Å². The second-order valence-corrected chi connectivity index (χ2v) is 4.37. The van der Waals surface area contributed by atoms with Gasteiger partial charge >= 0.3 is 25.0 Å². The number of anilines is 1. The van der Waals surface area contributed by atoms with Gasteiger partial charge in [-0.15, -0.1) is 0 Å². The SMILES string of the molecule is COC(=O)/C=C(/Nc1cc(C(=O)OC)ccc1B(O)O)C(=O)OC. The van der Waals surface area contributed by atoms with E-state index in [1.807, 2.05) is 0 Å². The van der Waals surface area contributed by atoms with Crippen molar-refractivity contribution in [3.8, 4) is 0 Å². The molecule has 10 heteroatoms. The number of ether oxygens (including phenoxy) is 3.